The average Bonchev–Trinajstić information content (AvgIpc) is 2.72. The normalized spacial score (nSPS) is 10.5. The van der Waals surface area contributed by atoms with Gasteiger partial charge in [-0.3, -0.25) is 14.9 Å². The van der Waals surface area contributed by atoms with Crippen molar-refractivity contribution in [2.45, 2.75) is 13.8 Å². The lowest BCUT2D eigenvalue weighted by molar-refractivity contribution is 0.0947. The molecule has 0 atom stereocenters. The van der Waals surface area contributed by atoms with Crippen molar-refractivity contribution in [2.75, 3.05) is 31.5 Å². The Morgan fingerprint density at radius 3 is 2.07 bits per heavy atom. The van der Waals surface area contributed by atoms with Crippen molar-refractivity contribution in [1.29, 1.82) is 0 Å². The fraction of sp³-hybridized carbons (Fsp3) is 0.286. The van der Waals surface area contributed by atoms with Crippen LogP contribution in [0.15, 0.2) is 48.5 Å². The number of nitrogens with one attached hydrogen (secondary N) is 3. The number of likely N-dealkylation sites (N-methyl/N-ethyl adjacent to an activating group) is 1. The van der Waals surface area contributed by atoms with Gasteiger partial charge in [0.25, 0.3) is 11.8 Å². The van der Waals surface area contributed by atoms with Crippen molar-refractivity contribution in [3.05, 3.63) is 64.7 Å². The van der Waals surface area contributed by atoms with Crippen LogP contribution >= 0.6 is 23.8 Å². The van der Waals surface area contributed by atoms with Crippen molar-refractivity contribution >= 4 is 46.4 Å². The number of amides is 2. The summed E-state index contributed by atoms with van der Waals surface area (Å²) in [6, 6.07) is 13.4. The molecular weight excluding hydrogens is 408 g/mol. The van der Waals surface area contributed by atoms with Gasteiger partial charge in [0.1, 0.15) is 0 Å². The number of benzene rings is 2. The highest BCUT2D eigenvalue weighted by Gasteiger charge is 2.09. The monoisotopic (exact) mass is 432 g/mol. The molecule has 0 spiro atoms. The van der Waals surface area contributed by atoms with E-state index in [2.05, 4.69) is 34.7 Å². The summed E-state index contributed by atoms with van der Waals surface area (Å²) >= 11 is 11.0. The topological polar surface area (TPSA) is 73.5 Å². The predicted octanol–water partition coefficient (Wildman–Crippen LogP) is 3.54. The highest BCUT2D eigenvalue weighted by atomic mass is 35.5. The molecule has 0 fully saturated rings. The standard InChI is InChI=1S/C21H25ClN4O2S/c1-3-26(4-2)14-13-23-19(27)15-7-11-18(12-8-15)24-21(29)25-20(28)16-5-9-17(22)10-6-16/h5-12H,3-4,13-14H2,1-2H3,(H,23,27)(H2,24,25,28,29). The van der Waals surface area contributed by atoms with Gasteiger partial charge in [-0.2, -0.15) is 0 Å². The van der Waals surface area contributed by atoms with E-state index in [9.17, 15) is 9.59 Å². The average molecular weight is 433 g/mol. The second kappa shape index (κ2) is 11.5. The zero-order valence-electron chi connectivity index (χ0n) is 16.5. The number of nitrogens with zero attached hydrogens (tertiary/aromatic N) is 1. The van der Waals surface area contributed by atoms with E-state index in [0.29, 0.717) is 28.4 Å². The third-order valence-electron chi connectivity index (χ3n) is 4.35. The SMILES string of the molecule is CCN(CC)CCNC(=O)c1ccc(NC(=S)NC(=O)c2ccc(Cl)cc2)cc1. The molecule has 0 radical (unpaired) electrons. The largest absolute Gasteiger partial charge is 0.351 e. The molecule has 3 N–H and O–H groups in total. The summed E-state index contributed by atoms with van der Waals surface area (Å²) in [4.78, 5) is 26.6. The Morgan fingerprint density at radius 1 is 0.931 bits per heavy atom. The molecule has 154 valence electrons. The summed E-state index contributed by atoms with van der Waals surface area (Å²) in [7, 11) is 0. The molecule has 0 saturated heterocycles. The van der Waals surface area contributed by atoms with Crippen LogP contribution in [-0.4, -0.2) is 48.0 Å². The molecule has 0 heterocycles. The fourth-order valence-corrected chi connectivity index (χ4v) is 2.95. The maximum atomic E-state index is 12.2. The summed E-state index contributed by atoms with van der Waals surface area (Å²) in [5.74, 6) is -0.453. The van der Waals surface area contributed by atoms with E-state index >= 15 is 0 Å². The maximum absolute atomic E-state index is 12.2. The quantitative estimate of drug-likeness (QED) is 0.556. The highest BCUT2D eigenvalue weighted by molar-refractivity contribution is 7.80. The van der Waals surface area contributed by atoms with E-state index in [1.807, 2.05) is 0 Å². The second-order valence-electron chi connectivity index (χ2n) is 6.28. The van der Waals surface area contributed by atoms with E-state index in [-0.39, 0.29) is 16.9 Å². The summed E-state index contributed by atoms with van der Waals surface area (Å²) in [5, 5.41) is 9.17. The Morgan fingerprint density at radius 2 is 1.48 bits per heavy atom. The number of carbonyl (C=O) groups is 2. The Kier molecular flexibility index (Phi) is 9.05. The van der Waals surface area contributed by atoms with Crippen LogP contribution in [0.25, 0.3) is 0 Å². The van der Waals surface area contributed by atoms with Crippen molar-refractivity contribution < 1.29 is 9.59 Å². The third-order valence-corrected chi connectivity index (χ3v) is 4.80. The lowest BCUT2D eigenvalue weighted by Crippen LogP contribution is -2.35. The van der Waals surface area contributed by atoms with Crippen LogP contribution in [0, 0.1) is 0 Å². The minimum atomic E-state index is -0.330. The third kappa shape index (κ3) is 7.45. The van der Waals surface area contributed by atoms with Crippen molar-refractivity contribution in [1.82, 2.24) is 15.5 Å². The fourth-order valence-electron chi connectivity index (χ4n) is 2.61. The number of hydrogen-bond acceptors (Lipinski definition) is 4. The molecule has 2 amide bonds. The highest BCUT2D eigenvalue weighted by Crippen LogP contribution is 2.11. The number of thiocarbonyl (C=S) groups is 1. The zero-order valence-corrected chi connectivity index (χ0v) is 18.1. The first-order valence-corrected chi connectivity index (χ1v) is 10.2. The molecule has 0 aliphatic heterocycles. The molecule has 0 saturated carbocycles. The lowest BCUT2D eigenvalue weighted by atomic mass is 10.2. The van der Waals surface area contributed by atoms with Gasteiger partial charge in [-0.25, -0.2) is 0 Å². The van der Waals surface area contributed by atoms with Crippen molar-refractivity contribution in [2.24, 2.45) is 0 Å². The van der Waals surface area contributed by atoms with Gasteiger partial charge >= 0.3 is 0 Å². The molecule has 2 rings (SSSR count). The lowest BCUT2D eigenvalue weighted by Gasteiger charge is -2.18. The van der Waals surface area contributed by atoms with Gasteiger partial charge in [0.05, 0.1) is 0 Å². The van der Waals surface area contributed by atoms with Gasteiger partial charge in [0, 0.05) is 34.9 Å². The van der Waals surface area contributed by atoms with E-state index in [0.717, 1.165) is 19.6 Å². The number of hydrogen-bond donors (Lipinski definition) is 3. The first kappa shape index (κ1) is 22.8. The second-order valence-corrected chi connectivity index (χ2v) is 7.12. The summed E-state index contributed by atoms with van der Waals surface area (Å²) < 4.78 is 0. The molecule has 2 aromatic rings. The van der Waals surface area contributed by atoms with Crippen molar-refractivity contribution in [3.63, 3.8) is 0 Å². The first-order chi connectivity index (χ1) is 13.9. The summed E-state index contributed by atoms with van der Waals surface area (Å²) in [6.45, 7) is 7.53. The van der Waals surface area contributed by atoms with E-state index < -0.39 is 0 Å². The molecule has 0 aliphatic carbocycles. The van der Waals surface area contributed by atoms with Gasteiger partial charge in [0.15, 0.2) is 5.11 Å². The predicted molar refractivity (Wildman–Crippen MR) is 122 cm³/mol. The smallest absolute Gasteiger partial charge is 0.257 e. The van der Waals surface area contributed by atoms with Gasteiger partial charge in [-0.1, -0.05) is 25.4 Å². The van der Waals surface area contributed by atoms with Crippen LogP contribution in [0.2, 0.25) is 5.02 Å². The van der Waals surface area contributed by atoms with Gasteiger partial charge in [0.2, 0.25) is 0 Å². The zero-order chi connectivity index (χ0) is 21.2. The van der Waals surface area contributed by atoms with Crippen LogP contribution in [-0.2, 0) is 0 Å². The molecule has 0 bridgehead atoms. The number of halogens is 1. The van der Waals surface area contributed by atoms with E-state index in [1.54, 1.807) is 48.5 Å². The first-order valence-electron chi connectivity index (χ1n) is 9.41. The number of rotatable bonds is 8. The molecule has 0 aliphatic rings. The molecular formula is C21H25ClN4O2S. The van der Waals surface area contributed by atoms with Gasteiger partial charge < -0.3 is 15.5 Å². The van der Waals surface area contributed by atoms with Crippen LogP contribution in [0.3, 0.4) is 0 Å². The van der Waals surface area contributed by atoms with E-state index in [4.69, 9.17) is 23.8 Å². The summed E-state index contributed by atoms with van der Waals surface area (Å²) in [5.41, 5.74) is 1.69. The number of anilines is 1. The van der Waals surface area contributed by atoms with Crippen molar-refractivity contribution in [3.8, 4) is 0 Å². The van der Waals surface area contributed by atoms with Crippen LogP contribution in [0.5, 0.6) is 0 Å². The molecule has 6 nitrogen and oxygen atoms in total. The van der Waals surface area contributed by atoms with Crippen LogP contribution in [0.1, 0.15) is 34.6 Å². The molecule has 8 heteroatoms. The maximum Gasteiger partial charge on any atom is 0.257 e. The molecule has 29 heavy (non-hydrogen) atoms. The minimum absolute atomic E-state index is 0.123. The van der Waals surface area contributed by atoms with E-state index in [1.165, 1.54) is 0 Å². The van der Waals surface area contributed by atoms with Crippen LogP contribution in [0.4, 0.5) is 5.69 Å². The van der Waals surface area contributed by atoms with Crippen LogP contribution < -0.4 is 16.0 Å². The Bertz CT molecular complexity index is 837. The molecule has 0 aromatic heterocycles. The Hall–Kier alpha value is -2.48. The van der Waals surface area contributed by atoms with Gasteiger partial charge in [-0.15, -0.1) is 0 Å². The molecule has 2 aromatic carbocycles. The minimum Gasteiger partial charge on any atom is -0.351 e. The number of carbonyl (C=O) groups excluding carboxylic acids is 2. The Balaban J connectivity index is 1.83. The van der Waals surface area contributed by atoms with Gasteiger partial charge in [-0.05, 0) is 73.8 Å². The summed E-state index contributed by atoms with van der Waals surface area (Å²) in [6.07, 6.45) is 0. The molecule has 0 unspecified atom stereocenters. The Labute approximate surface area is 181 Å².